The predicted octanol–water partition coefficient (Wildman–Crippen LogP) is 1.09. The number of hydrogen-bond acceptors (Lipinski definition) is 4. The SMILES string of the molecule is C#CCn1c(=O)[nH]c(N)c(NC(=O)CCc2ccc(Br)cc2)c1=O. The van der Waals surface area contributed by atoms with E-state index < -0.39 is 11.2 Å². The molecule has 4 N–H and O–H groups in total. The molecule has 0 bridgehead atoms. The second kappa shape index (κ2) is 7.66. The molecule has 24 heavy (non-hydrogen) atoms. The van der Waals surface area contributed by atoms with Crippen LogP contribution in [0, 0.1) is 12.3 Å². The average molecular weight is 391 g/mol. The van der Waals surface area contributed by atoms with Crippen molar-refractivity contribution < 1.29 is 4.79 Å². The van der Waals surface area contributed by atoms with Gasteiger partial charge in [0.15, 0.2) is 0 Å². The van der Waals surface area contributed by atoms with Crippen molar-refractivity contribution >= 4 is 33.3 Å². The number of aromatic amines is 1. The summed E-state index contributed by atoms with van der Waals surface area (Å²) in [5, 5.41) is 2.44. The molecule has 2 rings (SSSR count). The highest BCUT2D eigenvalue weighted by atomic mass is 79.9. The largest absolute Gasteiger partial charge is 0.383 e. The van der Waals surface area contributed by atoms with E-state index in [1.54, 1.807) is 0 Å². The van der Waals surface area contributed by atoms with Crippen molar-refractivity contribution in [1.29, 1.82) is 0 Å². The predicted molar refractivity (Wildman–Crippen MR) is 95.7 cm³/mol. The van der Waals surface area contributed by atoms with Gasteiger partial charge in [0.1, 0.15) is 11.5 Å². The lowest BCUT2D eigenvalue weighted by Crippen LogP contribution is -2.38. The number of carbonyl (C=O) groups is 1. The van der Waals surface area contributed by atoms with E-state index in [4.69, 9.17) is 12.2 Å². The molecule has 0 atom stereocenters. The van der Waals surface area contributed by atoms with E-state index in [1.807, 2.05) is 24.3 Å². The highest BCUT2D eigenvalue weighted by Crippen LogP contribution is 2.13. The molecule has 2 aromatic rings. The Balaban J connectivity index is 2.13. The number of nitrogen functional groups attached to an aromatic ring is 1. The minimum atomic E-state index is -0.730. The third kappa shape index (κ3) is 4.14. The van der Waals surface area contributed by atoms with Gasteiger partial charge < -0.3 is 11.1 Å². The van der Waals surface area contributed by atoms with Crippen molar-refractivity contribution in [2.45, 2.75) is 19.4 Å². The third-order valence-corrected chi connectivity index (χ3v) is 3.81. The molecule has 1 aromatic carbocycles. The maximum atomic E-state index is 12.2. The van der Waals surface area contributed by atoms with Crippen LogP contribution in [0.15, 0.2) is 38.3 Å². The Bertz CT molecular complexity index is 907. The van der Waals surface area contributed by atoms with Gasteiger partial charge in [0.05, 0.1) is 6.54 Å². The fourth-order valence-corrected chi connectivity index (χ4v) is 2.32. The zero-order chi connectivity index (χ0) is 17.7. The first-order chi connectivity index (χ1) is 11.4. The number of nitrogens with two attached hydrogens (primary N) is 1. The smallest absolute Gasteiger partial charge is 0.330 e. The van der Waals surface area contributed by atoms with Gasteiger partial charge in [-0.3, -0.25) is 14.6 Å². The summed E-state index contributed by atoms with van der Waals surface area (Å²) in [6.45, 7) is -0.212. The molecule has 0 aliphatic rings. The topological polar surface area (TPSA) is 110 Å². The maximum absolute atomic E-state index is 12.2. The number of nitrogens with zero attached hydrogens (tertiary/aromatic N) is 1. The normalized spacial score (nSPS) is 10.2. The van der Waals surface area contributed by atoms with Crippen LogP contribution in [0.1, 0.15) is 12.0 Å². The first-order valence-corrected chi connectivity index (χ1v) is 7.82. The van der Waals surface area contributed by atoms with E-state index in [0.29, 0.717) is 6.42 Å². The molecule has 7 nitrogen and oxygen atoms in total. The van der Waals surface area contributed by atoms with Crippen molar-refractivity contribution in [3.63, 3.8) is 0 Å². The molecule has 1 heterocycles. The number of benzene rings is 1. The van der Waals surface area contributed by atoms with E-state index in [1.165, 1.54) is 0 Å². The number of aryl methyl sites for hydroxylation is 1. The number of aromatic nitrogens is 2. The van der Waals surface area contributed by atoms with Gasteiger partial charge in [-0.05, 0) is 24.1 Å². The minimum absolute atomic E-state index is 0.161. The van der Waals surface area contributed by atoms with Gasteiger partial charge in [0.2, 0.25) is 5.91 Å². The van der Waals surface area contributed by atoms with Gasteiger partial charge in [-0.25, -0.2) is 9.36 Å². The number of halogens is 1. The first kappa shape index (κ1) is 17.6. The molecule has 0 radical (unpaired) electrons. The van der Waals surface area contributed by atoms with E-state index in [9.17, 15) is 14.4 Å². The molecule has 124 valence electrons. The van der Waals surface area contributed by atoms with E-state index in [2.05, 4.69) is 32.2 Å². The van der Waals surface area contributed by atoms with Crippen molar-refractivity contribution in [3.05, 3.63) is 55.1 Å². The summed E-state index contributed by atoms with van der Waals surface area (Å²) >= 11 is 3.34. The van der Waals surface area contributed by atoms with Gasteiger partial charge in [0, 0.05) is 10.9 Å². The lowest BCUT2D eigenvalue weighted by molar-refractivity contribution is -0.116. The van der Waals surface area contributed by atoms with E-state index in [-0.39, 0.29) is 30.4 Å². The summed E-state index contributed by atoms with van der Waals surface area (Å²) in [6, 6.07) is 7.55. The summed E-state index contributed by atoms with van der Waals surface area (Å²) in [7, 11) is 0. The van der Waals surface area contributed by atoms with E-state index >= 15 is 0 Å². The number of anilines is 2. The highest BCUT2D eigenvalue weighted by Gasteiger charge is 2.14. The van der Waals surface area contributed by atoms with Crippen LogP contribution in [0.4, 0.5) is 11.5 Å². The molecular weight excluding hydrogens is 376 g/mol. The van der Waals surface area contributed by atoms with Gasteiger partial charge >= 0.3 is 5.69 Å². The lowest BCUT2D eigenvalue weighted by Gasteiger charge is -2.09. The van der Waals surface area contributed by atoms with Crippen LogP contribution in [0.5, 0.6) is 0 Å². The lowest BCUT2D eigenvalue weighted by atomic mass is 10.1. The zero-order valence-corrected chi connectivity index (χ0v) is 14.2. The molecule has 0 aliphatic heterocycles. The Labute approximate surface area is 146 Å². The van der Waals surface area contributed by atoms with Gasteiger partial charge in [-0.15, -0.1) is 6.42 Å². The van der Waals surface area contributed by atoms with Gasteiger partial charge in [-0.2, -0.15) is 0 Å². The number of terminal acetylenes is 1. The molecule has 0 spiro atoms. The Morgan fingerprint density at radius 2 is 2.00 bits per heavy atom. The number of nitrogens with one attached hydrogen (secondary N) is 2. The van der Waals surface area contributed by atoms with Crippen molar-refractivity contribution in [2.75, 3.05) is 11.1 Å². The summed E-state index contributed by atoms with van der Waals surface area (Å²) in [5.74, 6) is 1.62. The number of carbonyl (C=O) groups excluding carboxylic acids is 1. The van der Waals surface area contributed by atoms with E-state index in [0.717, 1.165) is 14.6 Å². The molecule has 1 amide bonds. The van der Waals surface area contributed by atoms with Crippen LogP contribution < -0.4 is 22.3 Å². The summed E-state index contributed by atoms with van der Waals surface area (Å²) in [5.41, 5.74) is 4.97. The molecule has 0 aliphatic carbocycles. The number of H-pyrrole nitrogens is 1. The fraction of sp³-hybridized carbons (Fsp3) is 0.188. The molecular formula is C16H15BrN4O3. The van der Waals surface area contributed by atoms with Crippen LogP contribution in [0.2, 0.25) is 0 Å². The minimum Gasteiger partial charge on any atom is -0.383 e. The van der Waals surface area contributed by atoms with Crippen LogP contribution in [0.25, 0.3) is 0 Å². The van der Waals surface area contributed by atoms with Crippen molar-refractivity contribution in [3.8, 4) is 12.3 Å². The van der Waals surface area contributed by atoms with Gasteiger partial charge in [0.25, 0.3) is 5.56 Å². The summed E-state index contributed by atoms with van der Waals surface area (Å²) in [6.07, 6.45) is 5.79. The monoisotopic (exact) mass is 390 g/mol. The standard InChI is InChI=1S/C16H15BrN4O3/c1-2-9-21-15(23)13(14(18)20-16(21)24)19-12(22)8-5-10-3-6-11(17)7-4-10/h1,3-4,6-7H,5,8-9,18H2,(H,19,22)(H,20,24). The van der Waals surface area contributed by atoms with Crippen molar-refractivity contribution in [2.24, 2.45) is 0 Å². The zero-order valence-electron chi connectivity index (χ0n) is 12.6. The van der Waals surface area contributed by atoms with Crippen LogP contribution in [-0.2, 0) is 17.8 Å². The Morgan fingerprint density at radius 3 is 2.62 bits per heavy atom. The Kier molecular flexibility index (Phi) is 5.60. The maximum Gasteiger partial charge on any atom is 0.330 e. The average Bonchev–Trinajstić information content (AvgIpc) is 2.55. The second-order valence-electron chi connectivity index (χ2n) is 4.99. The molecule has 0 saturated heterocycles. The molecule has 0 fully saturated rings. The molecule has 0 unspecified atom stereocenters. The van der Waals surface area contributed by atoms with Crippen LogP contribution in [0.3, 0.4) is 0 Å². The third-order valence-electron chi connectivity index (χ3n) is 3.28. The second-order valence-corrected chi connectivity index (χ2v) is 5.90. The highest BCUT2D eigenvalue weighted by molar-refractivity contribution is 9.10. The van der Waals surface area contributed by atoms with Crippen molar-refractivity contribution in [1.82, 2.24) is 9.55 Å². The number of hydrogen-bond donors (Lipinski definition) is 3. The fourth-order valence-electron chi connectivity index (χ4n) is 2.05. The van der Waals surface area contributed by atoms with Crippen LogP contribution in [-0.4, -0.2) is 15.5 Å². The molecule has 1 aromatic heterocycles. The molecule has 8 heteroatoms. The Hall–Kier alpha value is -2.79. The first-order valence-electron chi connectivity index (χ1n) is 7.02. The quantitative estimate of drug-likeness (QED) is 0.663. The van der Waals surface area contributed by atoms with Gasteiger partial charge in [-0.1, -0.05) is 34.0 Å². The summed E-state index contributed by atoms with van der Waals surface area (Å²) < 4.78 is 1.74. The van der Waals surface area contributed by atoms with Crippen LogP contribution >= 0.6 is 15.9 Å². The summed E-state index contributed by atoms with van der Waals surface area (Å²) in [4.78, 5) is 38.2. The molecule has 0 saturated carbocycles. The number of rotatable bonds is 5. The Morgan fingerprint density at radius 1 is 1.33 bits per heavy atom. The number of amides is 1.